The maximum Gasteiger partial charge on any atom is 0.0808 e. The molecular weight excluding hydrogens is 138 g/mol. The zero-order valence-corrected chi connectivity index (χ0v) is 7.79. The third-order valence-electron chi connectivity index (χ3n) is 2.43. The van der Waals surface area contributed by atoms with Gasteiger partial charge in [0.15, 0.2) is 0 Å². The van der Waals surface area contributed by atoms with Gasteiger partial charge in [-0.2, -0.15) is 0 Å². The van der Waals surface area contributed by atoms with E-state index in [-0.39, 0.29) is 0 Å². The molecule has 0 aliphatic carbocycles. The Balaban J connectivity index is 2.67. The molecule has 11 heavy (non-hydrogen) atoms. The van der Waals surface area contributed by atoms with E-state index in [1.54, 1.807) is 7.11 Å². The highest BCUT2D eigenvalue weighted by molar-refractivity contribution is 5.06. The van der Waals surface area contributed by atoms with E-state index >= 15 is 0 Å². The van der Waals surface area contributed by atoms with Crippen molar-refractivity contribution in [2.24, 2.45) is 0 Å². The van der Waals surface area contributed by atoms with Crippen molar-refractivity contribution in [3.05, 3.63) is 11.8 Å². The molecule has 0 aromatic carbocycles. The molecule has 0 spiro atoms. The normalized spacial score (nSPS) is 32.0. The van der Waals surface area contributed by atoms with Crippen LogP contribution in [0.25, 0.3) is 0 Å². The van der Waals surface area contributed by atoms with Crippen molar-refractivity contribution < 1.29 is 4.74 Å². The van der Waals surface area contributed by atoms with Crippen LogP contribution in [0.5, 0.6) is 0 Å². The fourth-order valence-corrected chi connectivity index (χ4v) is 1.55. The minimum atomic E-state index is 0.366. The molecule has 1 heterocycles. The number of rotatable bonds is 1. The van der Waals surface area contributed by atoms with Crippen molar-refractivity contribution in [3.8, 4) is 0 Å². The summed E-state index contributed by atoms with van der Waals surface area (Å²) in [5.74, 6) is 0. The predicted molar refractivity (Wildman–Crippen MR) is 46.4 cm³/mol. The van der Waals surface area contributed by atoms with Gasteiger partial charge in [-0.1, -0.05) is 5.57 Å². The summed E-state index contributed by atoms with van der Waals surface area (Å²) in [7, 11) is 3.88. The molecule has 1 aliphatic rings. The van der Waals surface area contributed by atoms with E-state index in [0.29, 0.717) is 12.1 Å². The number of likely N-dealkylation sites (N-methyl/N-ethyl adjacent to an activating group) is 1. The number of hydrogen-bond donors (Lipinski definition) is 0. The lowest BCUT2D eigenvalue weighted by Gasteiger charge is -2.35. The van der Waals surface area contributed by atoms with Crippen molar-refractivity contribution in [2.75, 3.05) is 14.2 Å². The molecule has 1 rings (SSSR count). The second-order valence-electron chi connectivity index (χ2n) is 3.36. The lowest BCUT2D eigenvalue weighted by atomic mass is 10.00. The lowest BCUT2D eigenvalue weighted by Crippen LogP contribution is -2.40. The lowest BCUT2D eigenvalue weighted by molar-refractivity contribution is 0.0373. The van der Waals surface area contributed by atoms with Gasteiger partial charge in [0.1, 0.15) is 0 Å². The number of methoxy groups -OCH3 is 1. The van der Waals surface area contributed by atoms with Crippen LogP contribution in [-0.4, -0.2) is 31.2 Å². The van der Waals surface area contributed by atoms with E-state index in [0.717, 1.165) is 6.42 Å². The van der Waals surface area contributed by atoms with Gasteiger partial charge < -0.3 is 9.64 Å². The highest BCUT2D eigenvalue weighted by Gasteiger charge is 2.23. The van der Waals surface area contributed by atoms with E-state index in [1.165, 1.54) is 5.57 Å². The van der Waals surface area contributed by atoms with Crippen LogP contribution in [0.2, 0.25) is 0 Å². The third-order valence-corrected chi connectivity index (χ3v) is 2.43. The van der Waals surface area contributed by atoms with Gasteiger partial charge in [-0.25, -0.2) is 0 Å². The Morgan fingerprint density at radius 2 is 2.27 bits per heavy atom. The molecule has 0 radical (unpaired) electrons. The van der Waals surface area contributed by atoms with Crippen LogP contribution in [0.15, 0.2) is 11.8 Å². The molecule has 0 aromatic rings. The van der Waals surface area contributed by atoms with Gasteiger partial charge in [-0.3, -0.25) is 0 Å². The van der Waals surface area contributed by atoms with Gasteiger partial charge in [-0.15, -0.1) is 0 Å². The van der Waals surface area contributed by atoms with Crippen LogP contribution in [0, 0.1) is 0 Å². The molecule has 0 saturated carbocycles. The first-order chi connectivity index (χ1) is 5.15. The molecule has 2 heteroatoms. The quantitative estimate of drug-likeness (QED) is 0.570. The average Bonchev–Trinajstić information content (AvgIpc) is 1.96. The molecule has 0 unspecified atom stereocenters. The first kappa shape index (κ1) is 8.60. The van der Waals surface area contributed by atoms with E-state index in [4.69, 9.17) is 4.74 Å². The van der Waals surface area contributed by atoms with Crippen LogP contribution in [0.3, 0.4) is 0 Å². The SMILES string of the molecule is CO[C@@H]1CC(C)=CN(C)[C@H]1C. The van der Waals surface area contributed by atoms with Crippen molar-refractivity contribution in [1.29, 1.82) is 0 Å². The van der Waals surface area contributed by atoms with E-state index < -0.39 is 0 Å². The van der Waals surface area contributed by atoms with Gasteiger partial charge in [-0.05, 0) is 26.5 Å². The summed E-state index contributed by atoms with van der Waals surface area (Å²) in [6.07, 6.45) is 3.63. The number of hydrogen-bond acceptors (Lipinski definition) is 2. The summed E-state index contributed by atoms with van der Waals surface area (Å²) in [5.41, 5.74) is 1.40. The Morgan fingerprint density at radius 3 is 2.82 bits per heavy atom. The van der Waals surface area contributed by atoms with Gasteiger partial charge in [0, 0.05) is 14.2 Å². The van der Waals surface area contributed by atoms with Gasteiger partial charge >= 0.3 is 0 Å². The number of nitrogens with zero attached hydrogens (tertiary/aromatic N) is 1. The Labute approximate surface area is 68.8 Å². The second-order valence-corrected chi connectivity index (χ2v) is 3.36. The molecule has 0 fully saturated rings. The largest absolute Gasteiger partial charge is 0.379 e. The molecule has 0 bridgehead atoms. The van der Waals surface area contributed by atoms with Gasteiger partial charge in [0.25, 0.3) is 0 Å². The fourth-order valence-electron chi connectivity index (χ4n) is 1.55. The van der Waals surface area contributed by atoms with Gasteiger partial charge in [0.05, 0.1) is 12.1 Å². The Hall–Kier alpha value is -0.500. The Kier molecular flexibility index (Phi) is 2.55. The molecule has 2 nitrogen and oxygen atoms in total. The first-order valence-corrected chi connectivity index (χ1v) is 4.07. The average molecular weight is 155 g/mol. The molecule has 2 atom stereocenters. The van der Waals surface area contributed by atoms with E-state index in [2.05, 4.69) is 32.0 Å². The van der Waals surface area contributed by atoms with Crippen LogP contribution < -0.4 is 0 Å². The zero-order valence-electron chi connectivity index (χ0n) is 7.79. The minimum absolute atomic E-state index is 0.366. The summed E-state index contributed by atoms with van der Waals surface area (Å²) in [6.45, 7) is 4.34. The summed E-state index contributed by atoms with van der Waals surface area (Å²) in [4.78, 5) is 2.22. The molecule has 0 amide bonds. The fraction of sp³-hybridized carbons (Fsp3) is 0.778. The molecular formula is C9H17NO. The monoisotopic (exact) mass is 155 g/mol. The van der Waals surface area contributed by atoms with Crippen LogP contribution in [0.1, 0.15) is 20.3 Å². The third kappa shape index (κ3) is 1.74. The molecule has 0 aromatic heterocycles. The maximum atomic E-state index is 5.36. The Morgan fingerprint density at radius 1 is 1.64 bits per heavy atom. The second kappa shape index (κ2) is 3.26. The van der Waals surface area contributed by atoms with Crippen molar-refractivity contribution in [1.82, 2.24) is 4.90 Å². The Bertz CT molecular complexity index is 165. The summed E-state index contributed by atoms with van der Waals surface area (Å²) >= 11 is 0. The summed E-state index contributed by atoms with van der Waals surface area (Å²) in [5, 5.41) is 0. The molecule has 64 valence electrons. The smallest absolute Gasteiger partial charge is 0.0808 e. The van der Waals surface area contributed by atoms with Crippen molar-refractivity contribution in [2.45, 2.75) is 32.4 Å². The topological polar surface area (TPSA) is 12.5 Å². The van der Waals surface area contributed by atoms with E-state index in [1.807, 2.05) is 0 Å². The highest BCUT2D eigenvalue weighted by Crippen LogP contribution is 2.20. The van der Waals surface area contributed by atoms with Crippen LogP contribution in [0.4, 0.5) is 0 Å². The molecule has 0 saturated heterocycles. The predicted octanol–water partition coefficient (Wildman–Crippen LogP) is 1.63. The summed E-state index contributed by atoms with van der Waals surface area (Å²) < 4.78 is 5.36. The van der Waals surface area contributed by atoms with Crippen LogP contribution >= 0.6 is 0 Å². The van der Waals surface area contributed by atoms with E-state index in [9.17, 15) is 0 Å². The van der Waals surface area contributed by atoms with Gasteiger partial charge in [0.2, 0.25) is 0 Å². The van der Waals surface area contributed by atoms with Crippen molar-refractivity contribution >= 4 is 0 Å². The van der Waals surface area contributed by atoms with Crippen molar-refractivity contribution in [3.63, 3.8) is 0 Å². The molecule has 1 aliphatic heterocycles. The standard InChI is InChI=1S/C9H17NO/c1-7-5-9(11-4)8(2)10(3)6-7/h6,8-9H,5H2,1-4H3/t8-,9+/m0/s1. The number of ether oxygens (including phenoxy) is 1. The maximum absolute atomic E-state index is 5.36. The van der Waals surface area contributed by atoms with Crippen LogP contribution in [-0.2, 0) is 4.74 Å². The highest BCUT2D eigenvalue weighted by atomic mass is 16.5. The zero-order chi connectivity index (χ0) is 8.43. The first-order valence-electron chi connectivity index (χ1n) is 4.07. The molecule has 0 N–H and O–H groups in total. The summed E-state index contributed by atoms with van der Waals surface area (Å²) in [6, 6.07) is 0.503. The minimum Gasteiger partial charge on any atom is -0.379 e.